The Balaban J connectivity index is 1.66. The summed E-state index contributed by atoms with van der Waals surface area (Å²) in [7, 11) is 0. The molecule has 6 nitrogen and oxygen atoms in total. The van der Waals surface area contributed by atoms with Crippen LogP contribution in [0.15, 0.2) is 36.7 Å². The van der Waals surface area contributed by atoms with E-state index < -0.39 is 0 Å². The van der Waals surface area contributed by atoms with Gasteiger partial charge in [0.05, 0.1) is 5.56 Å². The third kappa shape index (κ3) is 3.90. The minimum Gasteiger partial charge on any atom is -0.368 e. The molecule has 1 saturated heterocycles. The summed E-state index contributed by atoms with van der Waals surface area (Å²) in [5, 5.41) is 3.04. The number of hydrogen-bond donors (Lipinski definition) is 1. The molecule has 3 rings (SSSR count). The van der Waals surface area contributed by atoms with Crippen molar-refractivity contribution in [2.75, 3.05) is 36.4 Å². The molecule has 1 N–H and O–H groups in total. The number of nitrogens with one attached hydrogen (secondary N) is 1. The molecule has 1 fully saturated rings. The quantitative estimate of drug-likeness (QED) is 0.928. The minimum absolute atomic E-state index is 0.000829. The molecule has 132 valence electrons. The predicted molar refractivity (Wildman–Crippen MR) is 100 cm³/mol. The van der Waals surface area contributed by atoms with Crippen molar-refractivity contribution in [2.45, 2.75) is 26.8 Å². The standard InChI is InChI=1S/C19H25N5O/c1-4-20-19-21-11-16(12-22-19)18(25)24-10-9-23(13-15(24)3)17-7-5-14(2)6-8-17/h5-8,11-12,15H,4,9-10,13H2,1-3H3,(H,20,21,22)/t15-/m1/s1. The zero-order valence-electron chi connectivity index (χ0n) is 15.1. The number of hydrogen-bond acceptors (Lipinski definition) is 5. The molecule has 1 aromatic heterocycles. The second-order valence-electron chi connectivity index (χ2n) is 6.45. The van der Waals surface area contributed by atoms with Gasteiger partial charge >= 0.3 is 0 Å². The Hall–Kier alpha value is -2.63. The number of aryl methyl sites for hydroxylation is 1. The molecule has 0 spiro atoms. The van der Waals surface area contributed by atoms with Crippen LogP contribution in [0.3, 0.4) is 0 Å². The van der Waals surface area contributed by atoms with Crippen molar-refractivity contribution in [2.24, 2.45) is 0 Å². The molecule has 6 heteroatoms. The van der Waals surface area contributed by atoms with Gasteiger partial charge < -0.3 is 15.1 Å². The number of amides is 1. The van der Waals surface area contributed by atoms with Crippen LogP contribution in [0.2, 0.25) is 0 Å². The maximum atomic E-state index is 12.8. The van der Waals surface area contributed by atoms with E-state index in [0.717, 1.165) is 19.6 Å². The van der Waals surface area contributed by atoms with Gasteiger partial charge in [0.25, 0.3) is 5.91 Å². The molecule has 1 atom stereocenters. The molecule has 0 saturated carbocycles. The van der Waals surface area contributed by atoms with E-state index in [1.165, 1.54) is 11.3 Å². The lowest BCUT2D eigenvalue weighted by Crippen LogP contribution is -2.54. The summed E-state index contributed by atoms with van der Waals surface area (Å²) in [6.07, 6.45) is 3.21. The highest BCUT2D eigenvalue weighted by molar-refractivity contribution is 5.94. The molecule has 1 aliphatic rings. The van der Waals surface area contributed by atoms with Gasteiger partial charge in [0.2, 0.25) is 5.95 Å². The zero-order chi connectivity index (χ0) is 17.8. The lowest BCUT2D eigenvalue weighted by molar-refractivity contribution is 0.0673. The molecule has 25 heavy (non-hydrogen) atoms. The van der Waals surface area contributed by atoms with Crippen LogP contribution in [0.4, 0.5) is 11.6 Å². The van der Waals surface area contributed by atoms with E-state index in [1.807, 2.05) is 11.8 Å². The van der Waals surface area contributed by atoms with Gasteiger partial charge in [0, 0.05) is 50.3 Å². The molecule has 0 aliphatic carbocycles. The summed E-state index contributed by atoms with van der Waals surface area (Å²) < 4.78 is 0. The predicted octanol–water partition coefficient (Wildman–Crippen LogP) is 2.57. The molecule has 2 aromatic rings. The largest absolute Gasteiger partial charge is 0.368 e. The SMILES string of the molecule is CCNc1ncc(C(=O)N2CCN(c3ccc(C)cc3)C[C@H]2C)cn1. The van der Waals surface area contributed by atoms with Crippen LogP contribution in [0, 0.1) is 6.92 Å². The lowest BCUT2D eigenvalue weighted by atomic mass is 10.1. The van der Waals surface area contributed by atoms with Gasteiger partial charge in [0.1, 0.15) is 0 Å². The molecule has 1 amide bonds. The van der Waals surface area contributed by atoms with Crippen molar-refractivity contribution in [3.05, 3.63) is 47.8 Å². The van der Waals surface area contributed by atoms with Crippen LogP contribution in [-0.2, 0) is 0 Å². The monoisotopic (exact) mass is 339 g/mol. The topological polar surface area (TPSA) is 61.4 Å². The molecular formula is C19H25N5O. The van der Waals surface area contributed by atoms with E-state index >= 15 is 0 Å². The van der Waals surface area contributed by atoms with E-state index in [1.54, 1.807) is 12.4 Å². The molecule has 1 aromatic carbocycles. The summed E-state index contributed by atoms with van der Waals surface area (Å²) in [5.74, 6) is 0.551. The number of nitrogens with zero attached hydrogens (tertiary/aromatic N) is 4. The van der Waals surface area contributed by atoms with Crippen molar-refractivity contribution in [3.63, 3.8) is 0 Å². The minimum atomic E-state index is -0.000829. The Morgan fingerprint density at radius 3 is 2.48 bits per heavy atom. The average molecular weight is 339 g/mol. The maximum Gasteiger partial charge on any atom is 0.257 e. The molecule has 0 radical (unpaired) electrons. The Bertz CT molecular complexity index is 714. The van der Waals surface area contributed by atoms with Crippen molar-refractivity contribution in [1.29, 1.82) is 0 Å². The Kier molecular flexibility index (Phi) is 5.16. The fourth-order valence-corrected chi connectivity index (χ4v) is 3.10. The first kappa shape index (κ1) is 17.2. The first-order valence-electron chi connectivity index (χ1n) is 8.77. The maximum absolute atomic E-state index is 12.8. The zero-order valence-corrected chi connectivity index (χ0v) is 15.1. The van der Waals surface area contributed by atoms with Crippen LogP contribution < -0.4 is 10.2 Å². The molecule has 0 unspecified atom stereocenters. The Morgan fingerprint density at radius 2 is 1.88 bits per heavy atom. The third-order valence-electron chi connectivity index (χ3n) is 4.52. The third-order valence-corrected chi connectivity index (χ3v) is 4.52. The number of carbonyl (C=O) groups is 1. The second-order valence-corrected chi connectivity index (χ2v) is 6.45. The summed E-state index contributed by atoms with van der Waals surface area (Å²) in [5.41, 5.74) is 3.01. The van der Waals surface area contributed by atoms with Gasteiger partial charge in [-0.3, -0.25) is 4.79 Å². The number of piperazine rings is 1. The van der Waals surface area contributed by atoms with E-state index in [9.17, 15) is 4.79 Å². The number of benzene rings is 1. The number of anilines is 2. The summed E-state index contributed by atoms with van der Waals surface area (Å²) >= 11 is 0. The van der Waals surface area contributed by atoms with E-state index in [0.29, 0.717) is 18.1 Å². The fourth-order valence-electron chi connectivity index (χ4n) is 3.10. The Morgan fingerprint density at radius 1 is 1.20 bits per heavy atom. The van der Waals surface area contributed by atoms with Crippen molar-refractivity contribution < 1.29 is 4.79 Å². The van der Waals surface area contributed by atoms with Crippen LogP contribution >= 0.6 is 0 Å². The first-order chi connectivity index (χ1) is 12.1. The highest BCUT2D eigenvalue weighted by atomic mass is 16.2. The molecule has 1 aliphatic heterocycles. The van der Waals surface area contributed by atoms with Crippen LogP contribution in [0.25, 0.3) is 0 Å². The van der Waals surface area contributed by atoms with Gasteiger partial charge in [-0.15, -0.1) is 0 Å². The first-order valence-corrected chi connectivity index (χ1v) is 8.77. The second kappa shape index (κ2) is 7.51. The Labute approximate surface area is 148 Å². The lowest BCUT2D eigenvalue weighted by Gasteiger charge is -2.41. The highest BCUT2D eigenvalue weighted by Gasteiger charge is 2.28. The fraction of sp³-hybridized carbons (Fsp3) is 0.421. The smallest absolute Gasteiger partial charge is 0.257 e. The van der Waals surface area contributed by atoms with Gasteiger partial charge in [-0.05, 0) is 32.9 Å². The summed E-state index contributed by atoms with van der Waals surface area (Å²) in [6.45, 7) is 9.27. The number of rotatable bonds is 4. The van der Waals surface area contributed by atoms with E-state index in [2.05, 4.69) is 58.3 Å². The van der Waals surface area contributed by atoms with Crippen LogP contribution in [0.5, 0.6) is 0 Å². The van der Waals surface area contributed by atoms with Crippen LogP contribution in [0.1, 0.15) is 29.8 Å². The molecule has 0 bridgehead atoms. The van der Waals surface area contributed by atoms with Gasteiger partial charge in [-0.2, -0.15) is 0 Å². The molecular weight excluding hydrogens is 314 g/mol. The summed E-state index contributed by atoms with van der Waals surface area (Å²) in [6, 6.07) is 8.68. The number of carbonyl (C=O) groups excluding carboxylic acids is 1. The van der Waals surface area contributed by atoms with Gasteiger partial charge in [-0.25, -0.2) is 9.97 Å². The van der Waals surface area contributed by atoms with Crippen molar-refractivity contribution >= 4 is 17.5 Å². The van der Waals surface area contributed by atoms with Crippen LogP contribution in [-0.4, -0.2) is 53.0 Å². The number of aromatic nitrogens is 2. The van der Waals surface area contributed by atoms with Crippen molar-refractivity contribution in [1.82, 2.24) is 14.9 Å². The normalized spacial score (nSPS) is 17.5. The average Bonchev–Trinajstić information content (AvgIpc) is 2.63. The molecule has 2 heterocycles. The van der Waals surface area contributed by atoms with Gasteiger partial charge in [-0.1, -0.05) is 17.7 Å². The van der Waals surface area contributed by atoms with Gasteiger partial charge in [0.15, 0.2) is 0 Å². The van der Waals surface area contributed by atoms with E-state index in [-0.39, 0.29) is 11.9 Å². The van der Waals surface area contributed by atoms with Crippen molar-refractivity contribution in [3.8, 4) is 0 Å². The van der Waals surface area contributed by atoms with E-state index in [4.69, 9.17) is 0 Å². The summed E-state index contributed by atoms with van der Waals surface area (Å²) in [4.78, 5) is 25.4. The highest BCUT2D eigenvalue weighted by Crippen LogP contribution is 2.21.